The minimum absolute atomic E-state index is 0.112. The largest absolute Gasteiger partial charge is 0.494 e. The summed E-state index contributed by atoms with van der Waals surface area (Å²) in [4.78, 5) is 19.1. The highest BCUT2D eigenvalue weighted by molar-refractivity contribution is 6.29. The molecule has 2 heterocycles. The molecule has 84 valence electrons. The number of hydrogen-bond donors (Lipinski definition) is 1. The molecule has 0 bridgehead atoms. The van der Waals surface area contributed by atoms with Crippen molar-refractivity contribution in [1.82, 2.24) is 9.97 Å². The fraction of sp³-hybridized carbons (Fsp3) is 0.222. The van der Waals surface area contributed by atoms with Gasteiger partial charge in [-0.05, 0) is 0 Å². The number of hydrogen-bond acceptors (Lipinski definition) is 5. The first-order valence-electron chi connectivity index (χ1n) is 4.49. The zero-order valence-corrected chi connectivity index (χ0v) is 8.90. The lowest BCUT2D eigenvalue weighted by atomic mass is 10.4. The Morgan fingerprint density at radius 3 is 3.00 bits per heavy atom. The first kappa shape index (κ1) is 10.7. The van der Waals surface area contributed by atoms with Crippen LogP contribution in [-0.2, 0) is 14.3 Å². The molecule has 0 unspecified atom stereocenters. The van der Waals surface area contributed by atoms with Crippen LogP contribution in [0.4, 0.5) is 5.82 Å². The van der Waals surface area contributed by atoms with E-state index in [0.717, 1.165) is 0 Å². The average Bonchev–Trinajstić information content (AvgIpc) is 2.30. The van der Waals surface area contributed by atoms with Gasteiger partial charge in [-0.1, -0.05) is 11.6 Å². The molecule has 2 rings (SSSR count). The summed E-state index contributed by atoms with van der Waals surface area (Å²) < 4.78 is 10.0. The highest BCUT2D eigenvalue weighted by atomic mass is 35.5. The molecule has 0 aliphatic carbocycles. The topological polar surface area (TPSA) is 73.3 Å². The van der Waals surface area contributed by atoms with E-state index < -0.39 is 5.91 Å². The maximum atomic E-state index is 11.6. The lowest BCUT2D eigenvalue weighted by molar-refractivity contribution is -0.117. The number of carbonyl (C=O) groups is 1. The molecule has 1 aliphatic heterocycles. The molecular weight excluding hydrogens is 234 g/mol. The van der Waals surface area contributed by atoms with Crippen LogP contribution in [0, 0.1) is 0 Å². The van der Waals surface area contributed by atoms with E-state index in [4.69, 9.17) is 21.1 Å². The van der Waals surface area contributed by atoms with Gasteiger partial charge in [0.1, 0.15) is 36.8 Å². The van der Waals surface area contributed by atoms with E-state index in [-0.39, 0.29) is 10.9 Å². The van der Waals surface area contributed by atoms with Gasteiger partial charge in [-0.3, -0.25) is 4.79 Å². The Morgan fingerprint density at radius 2 is 2.31 bits per heavy atom. The van der Waals surface area contributed by atoms with Crippen molar-refractivity contribution in [2.75, 3.05) is 18.5 Å². The average molecular weight is 242 g/mol. The first-order chi connectivity index (χ1) is 7.75. The lowest BCUT2D eigenvalue weighted by Gasteiger charge is -2.14. The third kappa shape index (κ3) is 2.60. The zero-order valence-electron chi connectivity index (χ0n) is 8.14. The molecule has 16 heavy (non-hydrogen) atoms. The van der Waals surface area contributed by atoms with Crippen LogP contribution >= 0.6 is 11.6 Å². The van der Waals surface area contributed by atoms with Crippen molar-refractivity contribution < 1.29 is 14.3 Å². The van der Waals surface area contributed by atoms with Crippen molar-refractivity contribution in [2.45, 2.75) is 0 Å². The van der Waals surface area contributed by atoms with Gasteiger partial charge >= 0.3 is 0 Å². The Kier molecular flexibility index (Phi) is 3.21. The van der Waals surface area contributed by atoms with Gasteiger partial charge in [0.15, 0.2) is 0 Å². The summed E-state index contributed by atoms with van der Waals surface area (Å²) in [5, 5.41) is 2.75. The van der Waals surface area contributed by atoms with Crippen LogP contribution in [0.3, 0.4) is 0 Å². The van der Waals surface area contributed by atoms with Crippen molar-refractivity contribution in [3.63, 3.8) is 0 Å². The van der Waals surface area contributed by atoms with E-state index in [2.05, 4.69) is 15.3 Å². The van der Waals surface area contributed by atoms with Crippen LogP contribution in [0.15, 0.2) is 24.4 Å². The highest BCUT2D eigenvalue weighted by Crippen LogP contribution is 2.11. The molecule has 1 aromatic rings. The summed E-state index contributed by atoms with van der Waals surface area (Å²) in [6, 6.07) is 1.43. The fourth-order valence-electron chi connectivity index (χ4n) is 1.07. The van der Waals surface area contributed by atoms with E-state index in [0.29, 0.717) is 19.0 Å². The summed E-state index contributed by atoms with van der Waals surface area (Å²) >= 11 is 5.64. The second-order valence-corrected chi connectivity index (χ2v) is 3.27. The number of nitrogens with zero attached hydrogens (tertiary/aromatic N) is 2. The predicted octanol–water partition coefficient (Wildman–Crippen LogP) is 0.957. The van der Waals surface area contributed by atoms with Gasteiger partial charge in [0.2, 0.25) is 5.76 Å². The van der Waals surface area contributed by atoms with Crippen molar-refractivity contribution in [3.05, 3.63) is 29.6 Å². The molecule has 1 aromatic heterocycles. The first-order valence-corrected chi connectivity index (χ1v) is 4.87. The van der Waals surface area contributed by atoms with Crippen molar-refractivity contribution in [2.24, 2.45) is 0 Å². The maximum absolute atomic E-state index is 11.6. The monoisotopic (exact) mass is 241 g/mol. The number of nitrogens with one attached hydrogen (secondary N) is 1. The Bertz CT molecular complexity index is 436. The van der Waals surface area contributed by atoms with Crippen LogP contribution in [0.5, 0.6) is 0 Å². The number of amides is 1. The normalized spacial score (nSPS) is 14.4. The minimum Gasteiger partial charge on any atom is -0.494 e. The summed E-state index contributed by atoms with van der Waals surface area (Å²) in [5.74, 6) is -0.0180. The quantitative estimate of drug-likeness (QED) is 0.781. The molecule has 0 aromatic carbocycles. The Morgan fingerprint density at radius 1 is 1.44 bits per heavy atom. The van der Waals surface area contributed by atoms with Crippen molar-refractivity contribution >= 4 is 23.3 Å². The lowest BCUT2D eigenvalue weighted by Crippen LogP contribution is -2.21. The maximum Gasteiger partial charge on any atom is 0.295 e. The van der Waals surface area contributed by atoms with Gasteiger partial charge in [0, 0.05) is 6.07 Å². The molecular formula is C9H8ClN3O3. The molecule has 0 spiro atoms. The minimum atomic E-state index is -0.436. The van der Waals surface area contributed by atoms with Crippen LogP contribution in [0.2, 0.25) is 5.15 Å². The summed E-state index contributed by atoms with van der Waals surface area (Å²) in [6.45, 7) is 0.792. The smallest absolute Gasteiger partial charge is 0.295 e. The molecule has 0 radical (unpaired) electrons. The van der Waals surface area contributed by atoms with Gasteiger partial charge in [-0.15, -0.1) is 0 Å². The highest BCUT2D eigenvalue weighted by Gasteiger charge is 2.15. The summed E-state index contributed by atoms with van der Waals surface area (Å²) in [7, 11) is 0. The molecule has 7 heteroatoms. The number of ether oxygens (including phenoxy) is 2. The van der Waals surface area contributed by atoms with E-state index in [9.17, 15) is 4.79 Å². The molecule has 6 nitrogen and oxygen atoms in total. The number of halogens is 1. The molecule has 0 atom stereocenters. The van der Waals surface area contributed by atoms with Crippen LogP contribution in [0.25, 0.3) is 0 Å². The third-order valence-electron chi connectivity index (χ3n) is 1.75. The Balaban J connectivity index is 2.04. The predicted molar refractivity (Wildman–Crippen MR) is 55.7 cm³/mol. The zero-order chi connectivity index (χ0) is 11.4. The van der Waals surface area contributed by atoms with Gasteiger partial charge < -0.3 is 14.8 Å². The number of anilines is 1. The van der Waals surface area contributed by atoms with Gasteiger partial charge in [0.05, 0.1) is 0 Å². The molecule has 1 N–H and O–H groups in total. The molecule has 1 amide bonds. The second-order valence-electron chi connectivity index (χ2n) is 2.88. The standard InChI is InChI=1S/C9H8ClN3O3/c10-7-3-8(12-5-11-7)13-9(14)6-4-15-1-2-16-6/h3-5H,1-2H2,(H,11,12,13,14). The Labute approximate surface area is 96.2 Å². The molecule has 0 saturated carbocycles. The van der Waals surface area contributed by atoms with Crippen LogP contribution in [0.1, 0.15) is 0 Å². The van der Waals surface area contributed by atoms with E-state index in [1.807, 2.05) is 0 Å². The Hall–Kier alpha value is -1.82. The van der Waals surface area contributed by atoms with Crippen molar-refractivity contribution in [3.8, 4) is 0 Å². The summed E-state index contributed by atoms with van der Waals surface area (Å²) in [5.41, 5.74) is 0. The molecule has 0 fully saturated rings. The van der Waals surface area contributed by atoms with Crippen LogP contribution < -0.4 is 5.32 Å². The van der Waals surface area contributed by atoms with Gasteiger partial charge in [-0.25, -0.2) is 9.97 Å². The van der Waals surface area contributed by atoms with Crippen molar-refractivity contribution in [1.29, 1.82) is 0 Å². The SMILES string of the molecule is O=C(Nc1cc(Cl)ncn1)C1=COCCO1. The van der Waals surface area contributed by atoms with E-state index in [1.54, 1.807) is 0 Å². The van der Waals surface area contributed by atoms with Gasteiger partial charge in [0.25, 0.3) is 5.91 Å². The van der Waals surface area contributed by atoms with E-state index in [1.165, 1.54) is 18.7 Å². The summed E-state index contributed by atoms with van der Waals surface area (Å²) in [6.07, 6.45) is 2.52. The number of rotatable bonds is 2. The third-order valence-corrected chi connectivity index (χ3v) is 1.95. The van der Waals surface area contributed by atoms with E-state index >= 15 is 0 Å². The second kappa shape index (κ2) is 4.80. The fourth-order valence-corrected chi connectivity index (χ4v) is 1.21. The molecule has 0 saturated heterocycles. The van der Waals surface area contributed by atoms with Gasteiger partial charge in [-0.2, -0.15) is 0 Å². The number of carbonyl (C=O) groups excluding carboxylic acids is 1. The number of aromatic nitrogens is 2. The van der Waals surface area contributed by atoms with Crippen LogP contribution in [-0.4, -0.2) is 29.1 Å². The molecule has 1 aliphatic rings.